The topological polar surface area (TPSA) is 98.8 Å². The average molecular weight is 491 g/mol. The van der Waals surface area contributed by atoms with Crippen molar-refractivity contribution in [1.82, 2.24) is 20.4 Å². The predicted molar refractivity (Wildman–Crippen MR) is 121 cm³/mol. The van der Waals surface area contributed by atoms with Gasteiger partial charge in [-0.2, -0.15) is 0 Å². The van der Waals surface area contributed by atoms with Gasteiger partial charge in [-0.15, -0.1) is 0 Å². The second-order valence-corrected chi connectivity index (χ2v) is 10.2. The lowest BCUT2D eigenvalue weighted by molar-refractivity contribution is -0.147. The Bertz CT molecular complexity index is 1030. The number of hydrogen-bond donors (Lipinski definition) is 2. The van der Waals surface area contributed by atoms with Crippen molar-refractivity contribution in [2.75, 3.05) is 13.1 Å². The van der Waals surface area contributed by atoms with E-state index in [0.717, 1.165) is 38.2 Å². The number of nitrogens with zero attached hydrogens (tertiary/aromatic N) is 2. The lowest BCUT2D eigenvalue weighted by Gasteiger charge is -2.32. The summed E-state index contributed by atoms with van der Waals surface area (Å²) in [5.74, 6) is -1.60. The molecule has 3 aliphatic heterocycles. The molecule has 34 heavy (non-hydrogen) atoms. The lowest BCUT2D eigenvalue weighted by Crippen LogP contribution is -2.53. The number of fused-ring (bicyclic) bond motifs is 2. The molecule has 1 aromatic rings. The van der Waals surface area contributed by atoms with E-state index in [1.807, 2.05) is 0 Å². The Hall–Kier alpha value is -2.68. The van der Waals surface area contributed by atoms with Gasteiger partial charge in [0.15, 0.2) is 0 Å². The second-order valence-electron chi connectivity index (χ2n) is 9.76. The van der Waals surface area contributed by atoms with Crippen molar-refractivity contribution < 1.29 is 23.6 Å². The maximum atomic E-state index is 13.6. The first-order chi connectivity index (χ1) is 16.3. The van der Waals surface area contributed by atoms with Crippen LogP contribution in [0.1, 0.15) is 55.3 Å². The van der Waals surface area contributed by atoms with Crippen LogP contribution in [0.2, 0.25) is 5.02 Å². The van der Waals surface area contributed by atoms with E-state index in [2.05, 4.69) is 10.6 Å². The zero-order valence-electron chi connectivity index (χ0n) is 18.8. The molecule has 4 aliphatic rings. The fourth-order valence-electron chi connectivity index (χ4n) is 5.87. The molecule has 3 saturated heterocycles. The van der Waals surface area contributed by atoms with Gasteiger partial charge >= 0.3 is 0 Å². The molecule has 1 aromatic carbocycles. The van der Waals surface area contributed by atoms with Crippen molar-refractivity contribution in [3.8, 4) is 0 Å². The molecular weight excluding hydrogens is 463 g/mol. The highest BCUT2D eigenvalue weighted by molar-refractivity contribution is 6.31. The Kier molecular flexibility index (Phi) is 6.22. The van der Waals surface area contributed by atoms with Crippen LogP contribution in [0.3, 0.4) is 0 Å². The quantitative estimate of drug-likeness (QED) is 0.675. The van der Waals surface area contributed by atoms with Gasteiger partial charge in [0, 0.05) is 30.6 Å². The summed E-state index contributed by atoms with van der Waals surface area (Å²) in [6.07, 6.45) is 5.72. The van der Waals surface area contributed by atoms with Gasteiger partial charge < -0.3 is 20.4 Å². The Morgan fingerprint density at radius 2 is 1.88 bits per heavy atom. The van der Waals surface area contributed by atoms with Gasteiger partial charge in [-0.3, -0.25) is 19.2 Å². The van der Waals surface area contributed by atoms with Crippen LogP contribution in [0.25, 0.3) is 0 Å². The van der Waals surface area contributed by atoms with Crippen LogP contribution in [-0.4, -0.2) is 70.7 Å². The molecule has 1 saturated carbocycles. The van der Waals surface area contributed by atoms with E-state index < -0.39 is 29.8 Å². The Morgan fingerprint density at radius 1 is 1.12 bits per heavy atom. The minimum Gasteiger partial charge on any atom is -0.349 e. The van der Waals surface area contributed by atoms with Crippen LogP contribution < -0.4 is 10.6 Å². The van der Waals surface area contributed by atoms with Gasteiger partial charge in [-0.25, -0.2) is 4.39 Å². The number of halogens is 2. The van der Waals surface area contributed by atoms with E-state index in [9.17, 15) is 23.6 Å². The molecule has 8 nitrogen and oxygen atoms in total. The third-order valence-corrected chi connectivity index (χ3v) is 7.91. The Balaban J connectivity index is 1.30. The monoisotopic (exact) mass is 490 g/mol. The highest BCUT2D eigenvalue weighted by Crippen LogP contribution is 2.33. The van der Waals surface area contributed by atoms with Gasteiger partial charge in [0.1, 0.15) is 17.9 Å². The summed E-state index contributed by atoms with van der Waals surface area (Å²) >= 11 is 5.78. The van der Waals surface area contributed by atoms with E-state index in [4.69, 9.17) is 11.6 Å². The Labute approximate surface area is 202 Å². The lowest BCUT2D eigenvalue weighted by atomic mass is 9.88. The van der Waals surface area contributed by atoms with Crippen molar-refractivity contribution in [2.45, 2.75) is 69.1 Å². The number of carbonyl (C=O) groups is 4. The molecule has 1 aliphatic carbocycles. The van der Waals surface area contributed by atoms with Crippen LogP contribution in [0, 0.1) is 11.7 Å². The number of amides is 4. The van der Waals surface area contributed by atoms with E-state index in [0.29, 0.717) is 13.0 Å². The summed E-state index contributed by atoms with van der Waals surface area (Å²) < 4.78 is 13.4. The molecule has 0 spiro atoms. The first kappa shape index (κ1) is 23.1. The van der Waals surface area contributed by atoms with Crippen LogP contribution >= 0.6 is 11.6 Å². The summed E-state index contributed by atoms with van der Waals surface area (Å²) in [5, 5.41) is 5.66. The highest BCUT2D eigenvalue weighted by atomic mass is 35.5. The standard InChI is InChI=1S/C24H28ClFN4O4/c25-16-10-14(6-7-17(16)26)21(31)27-15-11-19-22(32)28-18-8-9-29(20(18)24(34)30(19)12-15)23(33)13-4-2-1-3-5-13/h6-7,10,13,15,18-20H,1-5,8-9,11-12H2,(H,27,31)(H,28,32). The third-order valence-electron chi connectivity index (χ3n) is 7.62. The van der Waals surface area contributed by atoms with Crippen LogP contribution in [0.5, 0.6) is 0 Å². The summed E-state index contributed by atoms with van der Waals surface area (Å²) in [4.78, 5) is 55.7. The molecule has 4 amide bonds. The summed E-state index contributed by atoms with van der Waals surface area (Å²) in [6, 6.07) is 1.47. The number of hydrogen-bond acceptors (Lipinski definition) is 4. The molecule has 5 rings (SSSR count). The zero-order valence-corrected chi connectivity index (χ0v) is 19.5. The van der Waals surface area contributed by atoms with Crippen molar-refractivity contribution in [3.63, 3.8) is 0 Å². The van der Waals surface area contributed by atoms with E-state index in [-0.39, 0.29) is 53.2 Å². The minimum atomic E-state index is -0.702. The van der Waals surface area contributed by atoms with E-state index in [1.54, 1.807) is 4.90 Å². The number of benzene rings is 1. The van der Waals surface area contributed by atoms with Crippen molar-refractivity contribution in [1.29, 1.82) is 0 Å². The zero-order chi connectivity index (χ0) is 24.0. The summed E-state index contributed by atoms with van der Waals surface area (Å²) in [6.45, 7) is 0.632. The maximum absolute atomic E-state index is 13.6. The fourth-order valence-corrected chi connectivity index (χ4v) is 6.05. The number of rotatable bonds is 3. The number of carbonyl (C=O) groups excluding carboxylic acids is 4. The highest BCUT2D eigenvalue weighted by Gasteiger charge is 2.53. The average Bonchev–Trinajstić information content (AvgIpc) is 3.43. The van der Waals surface area contributed by atoms with Crippen molar-refractivity contribution in [3.05, 3.63) is 34.6 Å². The van der Waals surface area contributed by atoms with Gasteiger partial charge in [0.05, 0.1) is 11.1 Å². The second kappa shape index (κ2) is 9.17. The van der Waals surface area contributed by atoms with Crippen LogP contribution in [0.4, 0.5) is 4.39 Å². The maximum Gasteiger partial charge on any atom is 0.251 e. The molecule has 10 heteroatoms. The molecule has 3 heterocycles. The first-order valence-electron chi connectivity index (χ1n) is 12.0. The van der Waals surface area contributed by atoms with E-state index in [1.165, 1.54) is 17.0 Å². The molecular formula is C24H28ClFN4O4. The number of nitrogens with one attached hydrogen (secondary N) is 2. The molecule has 182 valence electrons. The van der Waals surface area contributed by atoms with Gasteiger partial charge in [0.25, 0.3) is 5.91 Å². The van der Waals surface area contributed by atoms with Gasteiger partial charge in [0.2, 0.25) is 17.7 Å². The molecule has 0 bridgehead atoms. The third kappa shape index (κ3) is 4.15. The molecule has 0 aromatic heterocycles. The van der Waals surface area contributed by atoms with Crippen LogP contribution in [0.15, 0.2) is 18.2 Å². The molecule has 4 fully saturated rings. The fraction of sp³-hybridized carbons (Fsp3) is 0.583. The van der Waals surface area contributed by atoms with Crippen molar-refractivity contribution in [2.24, 2.45) is 5.92 Å². The van der Waals surface area contributed by atoms with Gasteiger partial charge in [-0.1, -0.05) is 30.9 Å². The van der Waals surface area contributed by atoms with E-state index >= 15 is 0 Å². The smallest absolute Gasteiger partial charge is 0.251 e. The Morgan fingerprint density at radius 3 is 2.62 bits per heavy atom. The van der Waals surface area contributed by atoms with Crippen molar-refractivity contribution >= 4 is 35.2 Å². The minimum absolute atomic E-state index is 0.0190. The summed E-state index contributed by atoms with van der Waals surface area (Å²) in [7, 11) is 0. The normalized spacial score (nSPS) is 29.4. The molecule has 4 atom stereocenters. The molecule has 0 radical (unpaired) electrons. The molecule has 2 N–H and O–H groups in total. The summed E-state index contributed by atoms with van der Waals surface area (Å²) in [5.41, 5.74) is 0.199. The SMILES string of the molecule is O=C(NC1CC2C(=O)NC3CCN(C(=O)C4CCCCC4)C3C(=O)N2C1)c1ccc(F)c(Cl)c1. The van der Waals surface area contributed by atoms with Crippen LogP contribution in [-0.2, 0) is 14.4 Å². The van der Waals surface area contributed by atoms with Gasteiger partial charge in [-0.05, 0) is 43.9 Å². The largest absolute Gasteiger partial charge is 0.349 e. The molecule has 4 unspecified atom stereocenters. The first-order valence-corrected chi connectivity index (χ1v) is 12.4. The predicted octanol–water partition coefficient (Wildman–Crippen LogP) is 1.86. The number of likely N-dealkylation sites (tertiary alicyclic amines) is 1.